The Kier molecular flexibility index (Phi) is 6.23. The molecule has 0 aliphatic heterocycles. The highest BCUT2D eigenvalue weighted by Crippen LogP contribution is 2.14. The first-order valence-electron chi connectivity index (χ1n) is 6.32. The van der Waals surface area contributed by atoms with Crippen molar-refractivity contribution in [2.45, 2.75) is 19.4 Å². The van der Waals surface area contributed by atoms with Crippen LogP contribution in [0.1, 0.15) is 18.9 Å². The highest BCUT2D eigenvalue weighted by molar-refractivity contribution is 5.87. The summed E-state index contributed by atoms with van der Waals surface area (Å²) in [5.41, 5.74) is 0.873. The molecule has 106 valence electrons. The van der Waals surface area contributed by atoms with Crippen LogP contribution in [0.4, 0.5) is 0 Å². The van der Waals surface area contributed by atoms with Gasteiger partial charge in [0.2, 0.25) is 0 Å². The van der Waals surface area contributed by atoms with Crippen molar-refractivity contribution < 1.29 is 19.4 Å². The highest BCUT2D eigenvalue weighted by atomic mass is 16.5. The summed E-state index contributed by atoms with van der Waals surface area (Å²) in [6, 6.07) is 9.30. The standard InChI is InChI=1S/C16H18O4/c1-3-7-14(16(18)19)12(2)20-15(17)11-10-13-8-5-4-6-9-13/h3-6,8-12,14H,1,7H2,2H3,(H,18,19)/b11-10+. The molecule has 1 N–H and O–H groups in total. The lowest BCUT2D eigenvalue weighted by molar-refractivity contribution is -0.153. The summed E-state index contributed by atoms with van der Waals surface area (Å²) in [6.45, 7) is 5.07. The molecule has 2 atom stereocenters. The molecule has 0 radical (unpaired) electrons. The smallest absolute Gasteiger partial charge is 0.331 e. The Morgan fingerprint density at radius 1 is 1.35 bits per heavy atom. The Morgan fingerprint density at radius 2 is 2.00 bits per heavy atom. The SMILES string of the molecule is C=CCC(C(=O)O)C(C)OC(=O)/C=C/c1ccccc1. The van der Waals surface area contributed by atoms with E-state index in [1.807, 2.05) is 30.3 Å². The summed E-state index contributed by atoms with van der Waals surface area (Å²) in [7, 11) is 0. The van der Waals surface area contributed by atoms with Crippen molar-refractivity contribution in [1.29, 1.82) is 0 Å². The molecule has 1 aromatic rings. The zero-order valence-electron chi connectivity index (χ0n) is 11.4. The predicted octanol–water partition coefficient (Wildman–Crippen LogP) is 2.91. The second kappa shape index (κ2) is 7.94. The molecule has 0 saturated carbocycles. The van der Waals surface area contributed by atoms with Crippen molar-refractivity contribution in [3.63, 3.8) is 0 Å². The number of carboxylic acid groups (broad SMARTS) is 1. The average molecular weight is 274 g/mol. The third-order valence-electron chi connectivity index (χ3n) is 2.82. The fraction of sp³-hybridized carbons (Fsp3) is 0.250. The average Bonchev–Trinajstić information content (AvgIpc) is 2.43. The second-order valence-corrected chi connectivity index (χ2v) is 4.36. The first-order valence-corrected chi connectivity index (χ1v) is 6.32. The largest absolute Gasteiger partial charge is 0.481 e. The molecule has 1 aromatic carbocycles. The van der Waals surface area contributed by atoms with Gasteiger partial charge in [-0.3, -0.25) is 4.79 Å². The summed E-state index contributed by atoms with van der Waals surface area (Å²) >= 11 is 0. The van der Waals surface area contributed by atoms with Crippen LogP contribution in [0.3, 0.4) is 0 Å². The number of rotatable bonds is 7. The van der Waals surface area contributed by atoms with Crippen LogP contribution in [0.15, 0.2) is 49.1 Å². The first-order chi connectivity index (χ1) is 9.54. The van der Waals surface area contributed by atoms with Gasteiger partial charge >= 0.3 is 11.9 Å². The van der Waals surface area contributed by atoms with Gasteiger partial charge in [0.05, 0.1) is 5.92 Å². The Bertz CT molecular complexity index is 490. The highest BCUT2D eigenvalue weighted by Gasteiger charge is 2.25. The van der Waals surface area contributed by atoms with Crippen LogP contribution in [0.25, 0.3) is 6.08 Å². The van der Waals surface area contributed by atoms with Crippen molar-refractivity contribution in [3.05, 3.63) is 54.6 Å². The zero-order chi connectivity index (χ0) is 15.0. The number of hydrogen-bond donors (Lipinski definition) is 1. The van der Waals surface area contributed by atoms with Crippen molar-refractivity contribution >= 4 is 18.0 Å². The Balaban J connectivity index is 2.59. The van der Waals surface area contributed by atoms with E-state index in [2.05, 4.69) is 6.58 Å². The molecule has 0 spiro atoms. The number of ether oxygens (including phenoxy) is 1. The van der Waals surface area contributed by atoms with Gasteiger partial charge in [0.1, 0.15) is 6.10 Å². The van der Waals surface area contributed by atoms with Gasteiger partial charge in [0.15, 0.2) is 0 Å². The van der Waals surface area contributed by atoms with Crippen LogP contribution >= 0.6 is 0 Å². The minimum Gasteiger partial charge on any atom is -0.481 e. The van der Waals surface area contributed by atoms with Crippen LogP contribution < -0.4 is 0 Å². The monoisotopic (exact) mass is 274 g/mol. The predicted molar refractivity (Wildman–Crippen MR) is 77.0 cm³/mol. The molecule has 4 nitrogen and oxygen atoms in total. The molecule has 0 amide bonds. The maximum absolute atomic E-state index is 11.6. The third kappa shape index (κ3) is 5.10. The van der Waals surface area contributed by atoms with E-state index in [-0.39, 0.29) is 6.42 Å². The summed E-state index contributed by atoms with van der Waals surface area (Å²) in [6.07, 6.45) is 3.96. The van der Waals surface area contributed by atoms with E-state index in [1.165, 1.54) is 12.2 Å². The van der Waals surface area contributed by atoms with Crippen molar-refractivity contribution in [2.75, 3.05) is 0 Å². The summed E-state index contributed by atoms with van der Waals surface area (Å²) in [5.74, 6) is -2.34. The number of carbonyl (C=O) groups excluding carboxylic acids is 1. The van der Waals surface area contributed by atoms with Crippen LogP contribution in [0.2, 0.25) is 0 Å². The van der Waals surface area contributed by atoms with Gasteiger partial charge in [-0.15, -0.1) is 6.58 Å². The van der Waals surface area contributed by atoms with Gasteiger partial charge in [-0.25, -0.2) is 4.79 Å². The van der Waals surface area contributed by atoms with Crippen LogP contribution in [-0.4, -0.2) is 23.1 Å². The molecule has 4 heteroatoms. The van der Waals surface area contributed by atoms with E-state index in [1.54, 1.807) is 13.0 Å². The summed E-state index contributed by atoms with van der Waals surface area (Å²) in [5, 5.41) is 9.04. The molecule has 0 bridgehead atoms. The van der Waals surface area contributed by atoms with E-state index in [0.717, 1.165) is 5.56 Å². The van der Waals surface area contributed by atoms with E-state index >= 15 is 0 Å². The number of hydrogen-bond acceptors (Lipinski definition) is 3. The Morgan fingerprint density at radius 3 is 2.55 bits per heavy atom. The van der Waals surface area contributed by atoms with E-state index in [9.17, 15) is 9.59 Å². The molecular weight excluding hydrogens is 256 g/mol. The number of carbonyl (C=O) groups is 2. The number of esters is 1. The van der Waals surface area contributed by atoms with Gasteiger partial charge in [0, 0.05) is 6.08 Å². The van der Waals surface area contributed by atoms with Gasteiger partial charge in [-0.1, -0.05) is 36.4 Å². The fourth-order valence-corrected chi connectivity index (χ4v) is 1.71. The van der Waals surface area contributed by atoms with Crippen molar-refractivity contribution in [1.82, 2.24) is 0 Å². The van der Waals surface area contributed by atoms with Crippen LogP contribution in [-0.2, 0) is 14.3 Å². The van der Waals surface area contributed by atoms with Gasteiger partial charge < -0.3 is 9.84 Å². The minimum atomic E-state index is -1.00. The summed E-state index contributed by atoms with van der Waals surface area (Å²) in [4.78, 5) is 22.7. The minimum absolute atomic E-state index is 0.256. The Hall–Kier alpha value is -2.36. The number of benzene rings is 1. The lowest BCUT2D eigenvalue weighted by atomic mass is 10.00. The first kappa shape index (κ1) is 15.7. The zero-order valence-corrected chi connectivity index (χ0v) is 11.4. The molecule has 0 aliphatic rings. The fourth-order valence-electron chi connectivity index (χ4n) is 1.71. The topological polar surface area (TPSA) is 63.6 Å². The van der Waals surface area contributed by atoms with Gasteiger partial charge in [-0.2, -0.15) is 0 Å². The summed E-state index contributed by atoms with van der Waals surface area (Å²) < 4.78 is 5.09. The quantitative estimate of drug-likeness (QED) is 0.472. The molecule has 2 unspecified atom stereocenters. The van der Waals surface area contributed by atoms with Crippen LogP contribution in [0.5, 0.6) is 0 Å². The lowest BCUT2D eigenvalue weighted by Crippen LogP contribution is -2.29. The normalized spacial score (nSPS) is 13.7. The molecule has 0 heterocycles. The maximum atomic E-state index is 11.6. The van der Waals surface area contributed by atoms with E-state index in [4.69, 9.17) is 9.84 Å². The van der Waals surface area contributed by atoms with Crippen molar-refractivity contribution in [3.8, 4) is 0 Å². The van der Waals surface area contributed by atoms with Crippen LogP contribution in [0, 0.1) is 5.92 Å². The van der Waals surface area contributed by atoms with Gasteiger partial charge in [0.25, 0.3) is 0 Å². The maximum Gasteiger partial charge on any atom is 0.331 e. The van der Waals surface area contributed by atoms with E-state index < -0.39 is 24.0 Å². The molecule has 0 aliphatic carbocycles. The van der Waals surface area contributed by atoms with Crippen molar-refractivity contribution in [2.24, 2.45) is 5.92 Å². The number of allylic oxidation sites excluding steroid dienone is 1. The lowest BCUT2D eigenvalue weighted by Gasteiger charge is -2.18. The number of aliphatic carboxylic acids is 1. The van der Waals surface area contributed by atoms with E-state index in [0.29, 0.717) is 0 Å². The molecule has 20 heavy (non-hydrogen) atoms. The third-order valence-corrected chi connectivity index (χ3v) is 2.82. The molecule has 0 saturated heterocycles. The molecular formula is C16H18O4. The number of carboxylic acids is 1. The second-order valence-electron chi connectivity index (χ2n) is 4.36. The molecule has 0 aromatic heterocycles. The molecule has 1 rings (SSSR count). The Labute approximate surface area is 118 Å². The molecule has 0 fully saturated rings. The van der Waals surface area contributed by atoms with Gasteiger partial charge in [-0.05, 0) is 25.0 Å².